The Morgan fingerprint density at radius 3 is 2.56 bits per heavy atom. The average molecular weight is 348 g/mol. The van der Waals surface area contributed by atoms with Gasteiger partial charge in [0.25, 0.3) is 5.91 Å². The molecule has 2 aliphatic rings. The Morgan fingerprint density at radius 1 is 1.20 bits per heavy atom. The molecule has 1 heterocycles. The zero-order valence-electron chi connectivity index (χ0n) is 15.1. The van der Waals surface area contributed by atoms with Crippen molar-refractivity contribution in [3.05, 3.63) is 35.6 Å². The highest BCUT2D eigenvalue weighted by atomic mass is 19.1. The molecule has 2 N–H and O–H groups in total. The van der Waals surface area contributed by atoms with Gasteiger partial charge in [0.05, 0.1) is 0 Å². The molecule has 0 radical (unpaired) electrons. The SMILES string of the molecule is COC1(C(=O)NCC2(c3cccc(F)c3)CCCCC2)CCNCC1. The van der Waals surface area contributed by atoms with Gasteiger partial charge in [0.2, 0.25) is 0 Å². The van der Waals surface area contributed by atoms with Crippen molar-refractivity contribution in [1.29, 1.82) is 0 Å². The highest BCUT2D eigenvalue weighted by Gasteiger charge is 2.41. The predicted molar refractivity (Wildman–Crippen MR) is 96.0 cm³/mol. The van der Waals surface area contributed by atoms with Crippen molar-refractivity contribution in [2.45, 2.75) is 56.0 Å². The first-order valence-corrected chi connectivity index (χ1v) is 9.41. The normalized spacial score (nSPS) is 22.3. The van der Waals surface area contributed by atoms with Gasteiger partial charge in [-0.1, -0.05) is 31.4 Å². The van der Waals surface area contributed by atoms with Gasteiger partial charge in [0, 0.05) is 19.1 Å². The number of carbonyl (C=O) groups is 1. The average Bonchev–Trinajstić information content (AvgIpc) is 2.67. The number of hydrogen-bond acceptors (Lipinski definition) is 3. The fourth-order valence-corrected chi connectivity index (χ4v) is 4.38. The Kier molecular flexibility index (Phi) is 5.74. The molecule has 3 rings (SSSR count). The van der Waals surface area contributed by atoms with E-state index in [2.05, 4.69) is 10.6 Å². The van der Waals surface area contributed by atoms with E-state index >= 15 is 0 Å². The second-order valence-electron chi connectivity index (χ2n) is 7.48. The number of methoxy groups -OCH3 is 1. The summed E-state index contributed by atoms with van der Waals surface area (Å²) in [5, 5.41) is 6.43. The number of nitrogens with one attached hydrogen (secondary N) is 2. The first kappa shape index (κ1) is 18.3. The lowest BCUT2D eigenvalue weighted by molar-refractivity contribution is -0.147. The number of hydrogen-bond donors (Lipinski definition) is 2. The van der Waals surface area contributed by atoms with Crippen molar-refractivity contribution in [2.75, 3.05) is 26.7 Å². The monoisotopic (exact) mass is 348 g/mol. The molecule has 5 heteroatoms. The van der Waals surface area contributed by atoms with Gasteiger partial charge in [-0.3, -0.25) is 4.79 Å². The highest BCUT2D eigenvalue weighted by molar-refractivity contribution is 5.85. The lowest BCUT2D eigenvalue weighted by Crippen LogP contribution is -2.56. The van der Waals surface area contributed by atoms with E-state index < -0.39 is 5.60 Å². The van der Waals surface area contributed by atoms with E-state index in [1.165, 1.54) is 12.5 Å². The molecule has 0 bridgehead atoms. The minimum absolute atomic E-state index is 0.0298. The van der Waals surface area contributed by atoms with E-state index in [0.29, 0.717) is 19.4 Å². The number of benzene rings is 1. The predicted octanol–water partition coefficient (Wildman–Crippen LogP) is 2.91. The van der Waals surface area contributed by atoms with Crippen LogP contribution in [0.25, 0.3) is 0 Å². The molecule has 1 aliphatic heterocycles. The molecule has 1 saturated carbocycles. The van der Waals surface area contributed by atoms with Gasteiger partial charge < -0.3 is 15.4 Å². The quantitative estimate of drug-likeness (QED) is 0.860. The van der Waals surface area contributed by atoms with Gasteiger partial charge >= 0.3 is 0 Å². The van der Waals surface area contributed by atoms with Crippen molar-refractivity contribution in [2.24, 2.45) is 0 Å². The minimum Gasteiger partial charge on any atom is -0.368 e. The number of halogens is 1. The second kappa shape index (κ2) is 7.83. The van der Waals surface area contributed by atoms with Crippen molar-refractivity contribution in [1.82, 2.24) is 10.6 Å². The first-order valence-electron chi connectivity index (χ1n) is 9.41. The molecule has 0 spiro atoms. The van der Waals surface area contributed by atoms with Crippen LogP contribution < -0.4 is 10.6 Å². The standard InChI is InChI=1S/C20H29FN2O2/c1-25-20(10-12-22-13-11-20)18(24)23-15-19(8-3-2-4-9-19)16-6-5-7-17(21)14-16/h5-7,14,22H,2-4,8-13,15H2,1H3,(H,23,24). The summed E-state index contributed by atoms with van der Waals surface area (Å²) in [6.07, 6.45) is 6.78. The van der Waals surface area contributed by atoms with Crippen LogP contribution in [0, 0.1) is 5.82 Å². The van der Waals surface area contributed by atoms with Gasteiger partial charge in [-0.25, -0.2) is 4.39 Å². The van der Waals surface area contributed by atoms with Gasteiger partial charge in [-0.05, 0) is 56.5 Å². The second-order valence-corrected chi connectivity index (χ2v) is 7.48. The lowest BCUT2D eigenvalue weighted by atomic mass is 9.69. The topological polar surface area (TPSA) is 50.4 Å². The third-order valence-electron chi connectivity index (χ3n) is 6.05. The largest absolute Gasteiger partial charge is 0.368 e. The molecule has 1 aromatic carbocycles. The summed E-state index contributed by atoms with van der Waals surface area (Å²) in [4.78, 5) is 12.9. The van der Waals surface area contributed by atoms with Gasteiger partial charge in [0.15, 0.2) is 0 Å². The maximum Gasteiger partial charge on any atom is 0.252 e. The van der Waals surface area contributed by atoms with Gasteiger partial charge in [0.1, 0.15) is 11.4 Å². The summed E-state index contributed by atoms with van der Waals surface area (Å²) < 4.78 is 19.4. The van der Waals surface area contributed by atoms with Crippen LogP contribution in [-0.2, 0) is 14.9 Å². The third kappa shape index (κ3) is 3.87. The zero-order valence-corrected chi connectivity index (χ0v) is 15.1. The first-order chi connectivity index (χ1) is 12.1. The Bertz CT molecular complexity index is 593. The summed E-state index contributed by atoms with van der Waals surface area (Å²) in [5.74, 6) is -0.238. The molecule has 25 heavy (non-hydrogen) atoms. The van der Waals surface area contributed by atoms with Crippen molar-refractivity contribution < 1.29 is 13.9 Å². The number of ether oxygens (including phenoxy) is 1. The van der Waals surface area contributed by atoms with Crippen molar-refractivity contribution in [3.8, 4) is 0 Å². The van der Waals surface area contributed by atoms with Crippen LogP contribution in [0.15, 0.2) is 24.3 Å². The van der Waals surface area contributed by atoms with E-state index in [0.717, 1.165) is 44.3 Å². The van der Waals surface area contributed by atoms with E-state index in [9.17, 15) is 9.18 Å². The Balaban J connectivity index is 1.76. The molecule has 0 unspecified atom stereocenters. The van der Waals surface area contributed by atoms with E-state index in [1.807, 2.05) is 6.07 Å². The number of carbonyl (C=O) groups excluding carboxylic acids is 1. The summed E-state index contributed by atoms with van der Waals surface area (Å²) >= 11 is 0. The Labute approximate surface area is 149 Å². The zero-order chi connectivity index (χ0) is 17.8. The van der Waals surface area contributed by atoms with Crippen LogP contribution in [0.2, 0.25) is 0 Å². The maximum absolute atomic E-state index is 13.8. The van der Waals surface area contributed by atoms with Crippen LogP contribution >= 0.6 is 0 Å². The minimum atomic E-state index is -0.733. The summed E-state index contributed by atoms with van der Waals surface area (Å²) in [7, 11) is 1.62. The number of amides is 1. The van der Waals surface area contributed by atoms with Crippen molar-refractivity contribution >= 4 is 5.91 Å². The summed E-state index contributed by atoms with van der Waals surface area (Å²) in [6, 6.07) is 6.88. The summed E-state index contributed by atoms with van der Waals surface area (Å²) in [5.41, 5.74) is 0.102. The van der Waals surface area contributed by atoms with E-state index in [4.69, 9.17) is 4.74 Å². The molecule has 1 aromatic rings. The van der Waals surface area contributed by atoms with Crippen LogP contribution in [0.5, 0.6) is 0 Å². The Hall–Kier alpha value is -1.46. The smallest absolute Gasteiger partial charge is 0.252 e. The highest BCUT2D eigenvalue weighted by Crippen LogP contribution is 2.39. The number of piperidine rings is 1. The van der Waals surface area contributed by atoms with Crippen LogP contribution in [0.4, 0.5) is 4.39 Å². The molecule has 138 valence electrons. The third-order valence-corrected chi connectivity index (χ3v) is 6.05. The molecular formula is C20H29FN2O2. The molecule has 4 nitrogen and oxygen atoms in total. The van der Waals surface area contributed by atoms with Crippen LogP contribution in [0.1, 0.15) is 50.5 Å². The molecule has 1 aliphatic carbocycles. The van der Waals surface area contributed by atoms with E-state index in [1.54, 1.807) is 19.2 Å². The molecular weight excluding hydrogens is 319 g/mol. The molecule has 1 amide bonds. The van der Waals surface area contributed by atoms with Crippen molar-refractivity contribution in [3.63, 3.8) is 0 Å². The van der Waals surface area contributed by atoms with E-state index in [-0.39, 0.29) is 17.1 Å². The fraction of sp³-hybridized carbons (Fsp3) is 0.650. The van der Waals surface area contributed by atoms with Crippen LogP contribution in [0.3, 0.4) is 0 Å². The Morgan fingerprint density at radius 2 is 1.92 bits per heavy atom. The number of rotatable bonds is 5. The summed E-state index contributed by atoms with van der Waals surface area (Å²) in [6.45, 7) is 2.13. The fourth-order valence-electron chi connectivity index (χ4n) is 4.38. The molecule has 2 fully saturated rings. The molecule has 0 aromatic heterocycles. The van der Waals surface area contributed by atoms with Gasteiger partial charge in [-0.2, -0.15) is 0 Å². The maximum atomic E-state index is 13.8. The molecule has 0 atom stereocenters. The van der Waals surface area contributed by atoms with Crippen LogP contribution in [-0.4, -0.2) is 38.3 Å². The van der Waals surface area contributed by atoms with Gasteiger partial charge in [-0.15, -0.1) is 0 Å². The molecule has 1 saturated heterocycles. The lowest BCUT2D eigenvalue weighted by Gasteiger charge is -2.40.